The molecule has 1 aliphatic carbocycles. The first kappa shape index (κ1) is 22.8. The maximum Gasteiger partial charge on any atom is 0.453 e. The van der Waals surface area contributed by atoms with Crippen molar-refractivity contribution in [3.63, 3.8) is 0 Å². The first-order valence-electron chi connectivity index (χ1n) is 9.95. The van der Waals surface area contributed by atoms with Crippen LogP contribution in [0.4, 0.5) is 43.8 Å². The molecule has 0 bridgehead atoms. The van der Waals surface area contributed by atoms with Crippen LogP contribution >= 0.6 is 0 Å². The van der Waals surface area contributed by atoms with E-state index in [9.17, 15) is 26.3 Å². The second-order valence-corrected chi connectivity index (χ2v) is 7.52. The Labute approximate surface area is 183 Å². The van der Waals surface area contributed by atoms with Gasteiger partial charge in [-0.25, -0.2) is 14.6 Å². The number of rotatable bonds is 6. The van der Waals surface area contributed by atoms with Gasteiger partial charge in [0, 0.05) is 12.7 Å². The van der Waals surface area contributed by atoms with E-state index < -0.39 is 23.7 Å². The van der Waals surface area contributed by atoms with Crippen LogP contribution in [-0.2, 0) is 12.4 Å². The highest BCUT2D eigenvalue weighted by Crippen LogP contribution is 2.42. The molecule has 0 spiro atoms. The van der Waals surface area contributed by atoms with Crippen molar-refractivity contribution in [2.75, 3.05) is 17.2 Å². The van der Waals surface area contributed by atoms with Crippen LogP contribution < -0.4 is 10.6 Å². The molecule has 3 heterocycles. The molecule has 4 rings (SSSR count). The molecular weight excluding hydrogens is 456 g/mol. The minimum Gasteiger partial charge on any atom is -0.370 e. The molecule has 1 fully saturated rings. The monoisotopic (exact) mass is 475 g/mol. The minimum atomic E-state index is -4.60. The van der Waals surface area contributed by atoms with Crippen molar-refractivity contribution >= 4 is 17.5 Å². The fourth-order valence-electron chi connectivity index (χ4n) is 3.54. The Morgan fingerprint density at radius 2 is 1.76 bits per heavy atom. The predicted molar refractivity (Wildman–Crippen MR) is 104 cm³/mol. The van der Waals surface area contributed by atoms with E-state index in [1.807, 2.05) is 0 Å². The topological polar surface area (TPSA) is 98.4 Å². The summed E-state index contributed by atoms with van der Waals surface area (Å²) in [5.41, 5.74) is 0.215. The van der Waals surface area contributed by atoms with Crippen LogP contribution in [0, 0.1) is 6.92 Å². The van der Waals surface area contributed by atoms with Gasteiger partial charge in [0.1, 0.15) is 17.7 Å². The number of nitrogens with one attached hydrogen (secondary N) is 2. The summed E-state index contributed by atoms with van der Waals surface area (Å²) in [4.78, 5) is 11.0. The Morgan fingerprint density at radius 3 is 2.36 bits per heavy atom. The van der Waals surface area contributed by atoms with Gasteiger partial charge < -0.3 is 10.6 Å². The molecule has 15 heteroatoms. The maximum atomic E-state index is 13.1. The molecule has 9 nitrogen and oxygen atoms in total. The number of hydrogen-bond acceptors (Lipinski definition) is 7. The molecule has 33 heavy (non-hydrogen) atoms. The lowest BCUT2D eigenvalue weighted by molar-refractivity contribution is -0.145. The lowest BCUT2D eigenvalue weighted by atomic mass is 9.87. The summed E-state index contributed by atoms with van der Waals surface area (Å²) in [6, 6.07) is -0.311. The highest BCUT2D eigenvalue weighted by Gasteiger charge is 2.39. The Kier molecular flexibility index (Phi) is 5.66. The number of nitrogens with zero attached hydrogens (tertiary/aromatic N) is 7. The third-order valence-electron chi connectivity index (χ3n) is 5.30. The van der Waals surface area contributed by atoms with Gasteiger partial charge in [-0.1, -0.05) is 0 Å². The number of aromatic nitrogens is 7. The third-order valence-corrected chi connectivity index (χ3v) is 5.30. The van der Waals surface area contributed by atoms with Gasteiger partial charge in [-0.3, -0.25) is 4.68 Å². The van der Waals surface area contributed by atoms with Crippen molar-refractivity contribution in [2.24, 2.45) is 0 Å². The van der Waals surface area contributed by atoms with E-state index >= 15 is 0 Å². The first-order valence-corrected chi connectivity index (χ1v) is 9.95. The lowest BCUT2D eigenvalue weighted by Gasteiger charge is -2.35. The van der Waals surface area contributed by atoms with Crippen LogP contribution in [0.2, 0.25) is 0 Å². The van der Waals surface area contributed by atoms with Crippen LogP contribution in [0.1, 0.15) is 48.9 Å². The van der Waals surface area contributed by atoms with E-state index in [4.69, 9.17) is 0 Å². The molecule has 0 aliphatic heterocycles. The lowest BCUT2D eigenvalue weighted by Crippen LogP contribution is -2.31. The van der Waals surface area contributed by atoms with Gasteiger partial charge in [-0.2, -0.15) is 36.4 Å². The van der Waals surface area contributed by atoms with E-state index in [0.29, 0.717) is 30.4 Å². The molecule has 0 amide bonds. The van der Waals surface area contributed by atoms with Crippen LogP contribution in [0.25, 0.3) is 0 Å². The quantitative estimate of drug-likeness (QED) is 0.511. The predicted octanol–water partition coefficient (Wildman–Crippen LogP) is 4.36. The molecule has 3 aromatic heterocycles. The van der Waals surface area contributed by atoms with E-state index in [-0.39, 0.29) is 30.4 Å². The number of alkyl halides is 6. The van der Waals surface area contributed by atoms with Gasteiger partial charge >= 0.3 is 12.4 Å². The normalized spacial score (nSPS) is 18.8. The fraction of sp³-hybridized carbons (Fsp3) is 0.500. The highest BCUT2D eigenvalue weighted by atomic mass is 19.4. The smallest absolute Gasteiger partial charge is 0.370 e. The Morgan fingerprint density at radius 1 is 1.03 bits per heavy atom. The molecule has 3 aromatic rings. The molecular formula is C18H19F6N9. The molecule has 1 saturated carbocycles. The van der Waals surface area contributed by atoms with Gasteiger partial charge in [-0.15, -0.1) is 5.10 Å². The summed E-state index contributed by atoms with van der Waals surface area (Å²) in [6.45, 7) is 3.66. The molecule has 178 valence electrons. The Hall–Kier alpha value is -3.39. The van der Waals surface area contributed by atoms with Crippen LogP contribution in [-0.4, -0.2) is 41.1 Å². The minimum absolute atomic E-state index is 0.0321. The summed E-state index contributed by atoms with van der Waals surface area (Å²) < 4.78 is 80.3. The summed E-state index contributed by atoms with van der Waals surface area (Å²) in [6.07, 6.45) is -4.92. The van der Waals surface area contributed by atoms with Crippen molar-refractivity contribution < 1.29 is 26.3 Å². The summed E-state index contributed by atoms with van der Waals surface area (Å²) in [5.74, 6) is -1.54. The molecule has 2 N–H and O–H groups in total. The molecule has 0 aromatic carbocycles. The van der Waals surface area contributed by atoms with Crippen molar-refractivity contribution in [2.45, 2.75) is 51.1 Å². The van der Waals surface area contributed by atoms with Crippen LogP contribution in [0.3, 0.4) is 0 Å². The maximum absolute atomic E-state index is 13.1. The zero-order chi connectivity index (χ0) is 24.0. The second-order valence-electron chi connectivity index (χ2n) is 7.52. The van der Waals surface area contributed by atoms with E-state index in [1.165, 1.54) is 10.9 Å². The van der Waals surface area contributed by atoms with Crippen LogP contribution in [0.5, 0.6) is 0 Å². The van der Waals surface area contributed by atoms with Gasteiger partial charge in [0.05, 0.1) is 29.7 Å². The van der Waals surface area contributed by atoms with Crippen LogP contribution in [0.15, 0.2) is 18.7 Å². The standard InChI is InChI=1S/C18H19F6N9/c1-3-25-14-12(17(19,20)21)6-26-16(30-14)29-13-7-28-33(9(13)2)11-4-10(5-11)32-8-27-15(31-32)18(22,23)24/h6-8,10-11H,3-5H2,1-2H3,(H2,25,26,29,30)/t10-,11-. The largest absolute Gasteiger partial charge is 0.453 e. The average Bonchev–Trinajstić information content (AvgIpc) is 3.29. The van der Waals surface area contributed by atoms with Gasteiger partial charge in [0.2, 0.25) is 5.95 Å². The molecule has 0 unspecified atom stereocenters. The summed E-state index contributed by atoms with van der Waals surface area (Å²) in [5, 5.41) is 13.2. The van der Waals surface area contributed by atoms with Crippen molar-refractivity contribution in [3.8, 4) is 0 Å². The second kappa shape index (κ2) is 8.19. The molecule has 0 saturated heterocycles. The van der Waals surface area contributed by atoms with Gasteiger partial charge in [0.15, 0.2) is 0 Å². The average molecular weight is 475 g/mol. The van der Waals surface area contributed by atoms with E-state index in [1.54, 1.807) is 18.5 Å². The number of hydrogen-bond donors (Lipinski definition) is 2. The Balaban J connectivity index is 1.45. The third kappa shape index (κ3) is 4.57. The molecule has 0 atom stereocenters. The van der Waals surface area contributed by atoms with Crippen molar-refractivity contribution in [3.05, 3.63) is 35.8 Å². The summed E-state index contributed by atoms with van der Waals surface area (Å²) >= 11 is 0. The molecule has 0 radical (unpaired) electrons. The zero-order valence-corrected chi connectivity index (χ0v) is 17.4. The van der Waals surface area contributed by atoms with Crippen molar-refractivity contribution in [1.29, 1.82) is 0 Å². The highest BCUT2D eigenvalue weighted by molar-refractivity contribution is 5.58. The first-order chi connectivity index (χ1) is 15.5. The number of halogens is 6. The zero-order valence-electron chi connectivity index (χ0n) is 17.4. The van der Waals surface area contributed by atoms with Gasteiger partial charge in [-0.05, 0) is 26.7 Å². The fourth-order valence-corrected chi connectivity index (χ4v) is 3.54. The SMILES string of the molecule is CCNc1nc(Nc2cnn([C@H]3C[C@H](n4cnc(C(F)(F)F)n4)C3)c2C)ncc1C(F)(F)F. The number of anilines is 3. The van der Waals surface area contributed by atoms with E-state index in [2.05, 4.69) is 35.8 Å². The van der Waals surface area contributed by atoms with Crippen molar-refractivity contribution in [1.82, 2.24) is 34.5 Å². The Bertz CT molecular complexity index is 1130. The molecule has 1 aliphatic rings. The van der Waals surface area contributed by atoms with Gasteiger partial charge in [0.25, 0.3) is 5.82 Å². The van der Waals surface area contributed by atoms with E-state index in [0.717, 1.165) is 6.33 Å². The summed E-state index contributed by atoms with van der Waals surface area (Å²) in [7, 11) is 0.